The third-order valence-electron chi connectivity index (χ3n) is 4.14. The first-order valence-electron chi connectivity index (χ1n) is 9.65. The summed E-state index contributed by atoms with van der Waals surface area (Å²) in [6.07, 6.45) is -0.352. The Morgan fingerprint density at radius 3 is 2.83 bits per heavy atom. The van der Waals surface area contributed by atoms with Crippen LogP contribution >= 0.6 is 22.9 Å². The van der Waals surface area contributed by atoms with E-state index in [0.29, 0.717) is 11.4 Å². The number of ketones is 1. The molecule has 0 unspecified atom stereocenters. The third kappa shape index (κ3) is 3.70. The Morgan fingerprint density at radius 2 is 2.14 bits per heavy atom. The van der Waals surface area contributed by atoms with E-state index in [9.17, 15) is 13.2 Å². The maximum atomic E-state index is 13.0. The highest BCUT2D eigenvalue weighted by molar-refractivity contribution is 7.93. The van der Waals surface area contributed by atoms with Crippen LogP contribution in [-0.4, -0.2) is 26.2 Å². The fourth-order valence-corrected chi connectivity index (χ4v) is 5.25. The van der Waals surface area contributed by atoms with E-state index < -0.39 is 22.7 Å². The van der Waals surface area contributed by atoms with E-state index >= 15 is 0 Å². The molecule has 0 spiro atoms. The Kier molecular flexibility index (Phi) is 4.13. The van der Waals surface area contributed by atoms with Crippen molar-refractivity contribution in [2.45, 2.75) is 25.1 Å². The Morgan fingerprint density at radius 1 is 1.38 bits per heavy atom. The molecule has 1 N–H and O–H groups in total. The standard InChI is InChI=1S/C18H15ClN2O6S2/c1-9-5-13-14(26-8-25-13)7-11(9)6-12(22)17-15(3-4-28-17)29(23,24)21-18-16(19)10(2)20-27-18/h3-5,7,21H,6,8H2,1-2H3/i1D3. The molecule has 1 aliphatic rings. The number of benzene rings is 1. The highest BCUT2D eigenvalue weighted by Gasteiger charge is 2.27. The van der Waals surface area contributed by atoms with E-state index in [2.05, 4.69) is 9.88 Å². The lowest BCUT2D eigenvalue weighted by Gasteiger charge is -2.09. The molecule has 0 saturated heterocycles. The van der Waals surface area contributed by atoms with Gasteiger partial charge < -0.3 is 14.0 Å². The van der Waals surface area contributed by atoms with Crippen molar-refractivity contribution in [1.29, 1.82) is 0 Å². The van der Waals surface area contributed by atoms with Crippen LogP contribution in [0.3, 0.4) is 0 Å². The van der Waals surface area contributed by atoms with Gasteiger partial charge in [-0.15, -0.1) is 11.3 Å². The van der Waals surface area contributed by atoms with Gasteiger partial charge in [-0.25, -0.2) is 13.1 Å². The summed E-state index contributed by atoms with van der Waals surface area (Å²) in [5, 5.41) is 5.03. The summed E-state index contributed by atoms with van der Waals surface area (Å²) in [5.74, 6) is -0.259. The second-order valence-corrected chi connectivity index (χ2v) is 9.04. The number of carbonyl (C=O) groups is 1. The van der Waals surface area contributed by atoms with Crippen molar-refractivity contribution in [2.24, 2.45) is 0 Å². The molecule has 152 valence electrons. The first kappa shape index (κ1) is 16.3. The smallest absolute Gasteiger partial charge is 0.265 e. The Bertz CT molecular complexity index is 1320. The Hall–Kier alpha value is -2.56. The van der Waals surface area contributed by atoms with Crippen LogP contribution in [0.2, 0.25) is 5.02 Å². The number of fused-ring (bicyclic) bond motifs is 1. The molecular weight excluding hydrogens is 440 g/mol. The summed E-state index contributed by atoms with van der Waals surface area (Å²) in [5.41, 5.74) is 0.418. The molecule has 29 heavy (non-hydrogen) atoms. The molecule has 0 bridgehead atoms. The van der Waals surface area contributed by atoms with Gasteiger partial charge in [-0.1, -0.05) is 16.8 Å². The van der Waals surface area contributed by atoms with Crippen LogP contribution in [0.25, 0.3) is 0 Å². The second kappa shape index (κ2) is 7.36. The van der Waals surface area contributed by atoms with E-state index in [1.54, 1.807) is 0 Å². The minimum absolute atomic E-state index is 0.000593. The molecule has 0 saturated carbocycles. The van der Waals surface area contributed by atoms with Crippen molar-refractivity contribution in [1.82, 2.24) is 5.16 Å². The van der Waals surface area contributed by atoms with E-state index in [1.807, 2.05) is 0 Å². The van der Waals surface area contributed by atoms with Gasteiger partial charge in [-0.05, 0) is 48.5 Å². The van der Waals surface area contributed by atoms with Crippen LogP contribution < -0.4 is 14.2 Å². The lowest BCUT2D eigenvalue weighted by Crippen LogP contribution is -2.16. The van der Waals surface area contributed by atoms with Gasteiger partial charge in [0.05, 0.1) is 4.88 Å². The molecule has 1 aliphatic heterocycles. The topological polar surface area (TPSA) is 108 Å². The molecule has 0 amide bonds. The number of Topliss-reactive ketones (excluding diaryl/α,β-unsaturated/α-hetero) is 1. The number of rotatable bonds is 6. The zero-order chi connectivity index (χ0) is 23.3. The molecule has 3 heterocycles. The summed E-state index contributed by atoms with van der Waals surface area (Å²) in [6, 6.07) is 4.01. The largest absolute Gasteiger partial charge is 0.454 e. The first-order valence-corrected chi connectivity index (χ1v) is 10.9. The van der Waals surface area contributed by atoms with Crippen molar-refractivity contribution in [2.75, 3.05) is 11.5 Å². The molecule has 11 heteroatoms. The van der Waals surface area contributed by atoms with Gasteiger partial charge in [-0.2, -0.15) is 0 Å². The quantitative estimate of drug-likeness (QED) is 0.558. The fourth-order valence-electron chi connectivity index (χ4n) is 2.69. The van der Waals surface area contributed by atoms with Gasteiger partial charge in [-0.3, -0.25) is 4.79 Å². The van der Waals surface area contributed by atoms with Crippen LogP contribution in [0.4, 0.5) is 5.88 Å². The van der Waals surface area contributed by atoms with Gasteiger partial charge in [0.15, 0.2) is 17.3 Å². The number of hydrogen-bond donors (Lipinski definition) is 1. The van der Waals surface area contributed by atoms with Gasteiger partial charge in [0.1, 0.15) is 15.6 Å². The van der Waals surface area contributed by atoms with Crippen molar-refractivity contribution >= 4 is 44.6 Å². The maximum absolute atomic E-state index is 13.0. The SMILES string of the molecule is [2H]C([2H])([2H])c1cc2c(cc1CC(=O)c1sccc1S(=O)(=O)Nc1onc(C)c1Cl)OCO2. The number of anilines is 1. The van der Waals surface area contributed by atoms with E-state index in [0.717, 1.165) is 11.3 Å². The third-order valence-corrected chi connectivity index (χ3v) is 7.04. The summed E-state index contributed by atoms with van der Waals surface area (Å²) in [4.78, 5) is 12.7. The number of hydrogen-bond acceptors (Lipinski definition) is 8. The number of halogens is 1. The normalized spacial score (nSPS) is 14.9. The molecule has 2 aromatic heterocycles. The summed E-state index contributed by atoms with van der Waals surface area (Å²) < 4.78 is 66.6. The summed E-state index contributed by atoms with van der Waals surface area (Å²) >= 11 is 6.89. The molecule has 0 aliphatic carbocycles. The fraction of sp³-hybridized carbons (Fsp3) is 0.222. The van der Waals surface area contributed by atoms with Crippen LogP contribution in [0.5, 0.6) is 11.5 Å². The number of sulfonamides is 1. The highest BCUT2D eigenvalue weighted by atomic mass is 35.5. The lowest BCUT2D eigenvalue weighted by atomic mass is 10.0. The number of nitrogens with one attached hydrogen (secondary N) is 1. The molecule has 0 radical (unpaired) electrons. The van der Waals surface area contributed by atoms with Crippen molar-refractivity contribution in [3.05, 3.63) is 50.3 Å². The highest BCUT2D eigenvalue weighted by Crippen LogP contribution is 2.36. The molecule has 0 fully saturated rings. The summed E-state index contributed by atoms with van der Waals surface area (Å²) in [7, 11) is -4.23. The number of nitrogens with zero attached hydrogens (tertiary/aromatic N) is 1. The van der Waals surface area contributed by atoms with Crippen LogP contribution in [-0.2, 0) is 16.4 Å². The Balaban J connectivity index is 1.66. The number of aryl methyl sites for hydroxylation is 2. The summed E-state index contributed by atoms with van der Waals surface area (Å²) in [6.45, 7) is -1.03. The minimum Gasteiger partial charge on any atom is -0.454 e. The van der Waals surface area contributed by atoms with E-state index in [-0.39, 0.29) is 50.8 Å². The molecule has 3 aromatic rings. The van der Waals surface area contributed by atoms with Gasteiger partial charge in [0.25, 0.3) is 15.9 Å². The number of ether oxygens (including phenoxy) is 2. The average Bonchev–Trinajstić information content (AvgIpc) is 3.43. The first-order chi connectivity index (χ1) is 15.0. The van der Waals surface area contributed by atoms with Gasteiger partial charge >= 0.3 is 0 Å². The van der Waals surface area contributed by atoms with Crippen LogP contribution in [0.15, 0.2) is 33.0 Å². The van der Waals surface area contributed by atoms with Crippen LogP contribution in [0.1, 0.15) is 30.6 Å². The van der Waals surface area contributed by atoms with Gasteiger partial charge in [0.2, 0.25) is 6.79 Å². The maximum Gasteiger partial charge on any atom is 0.265 e. The zero-order valence-corrected chi connectivity index (χ0v) is 17.2. The van der Waals surface area contributed by atoms with Crippen molar-refractivity contribution < 1.29 is 31.3 Å². The number of carbonyl (C=O) groups excluding carboxylic acids is 1. The molecule has 1 aromatic carbocycles. The Labute approximate surface area is 179 Å². The zero-order valence-electron chi connectivity index (χ0n) is 17.8. The molecule has 8 nitrogen and oxygen atoms in total. The van der Waals surface area contributed by atoms with Crippen molar-refractivity contribution in [3.8, 4) is 11.5 Å². The molecule has 0 atom stereocenters. The second-order valence-electron chi connectivity index (χ2n) is 6.09. The van der Waals surface area contributed by atoms with Gasteiger partial charge in [0, 0.05) is 10.5 Å². The van der Waals surface area contributed by atoms with Crippen LogP contribution in [0, 0.1) is 13.8 Å². The number of aromatic nitrogens is 1. The average molecular weight is 458 g/mol. The molecule has 4 rings (SSSR count). The predicted molar refractivity (Wildman–Crippen MR) is 107 cm³/mol. The van der Waals surface area contributed by atoms with E-state index in [1.165, 1.54) is 30.5 Å². The predicted octanol–water partition coefficient (Wildman–Crippen LogP) is 3.96. The minimum atomic E-state index is -4.23. The number of thiophene rings is 1. The molecular formula is C18H15ClN2O6S2. The van der Waals surface area contributed by atoms with Crippen molar-refractivity contribution in [3.63, 3.8) is 0 Å². The monoisotopic (exact) mass is 457 g/mol. The van der Waals surface area contributed by atoms with E-state index in [4.69, 9.17) is 29.7 Å². The lowest BCUT2D eigenvalue weighted by molar-refractivity contribution is 0.0994.